The average molecular weight is 205 g/mol. The number of alkyl halides is 3. The number of hydrogen-bond acceptors (Lipinski definition) is 2. The molecule has 0 radical (unpaired) electrons. The monoisotopic (exact) mass is 205 g/mol. The first-order chi connectivity index (χ1) is 6.46. The van der Waals surface area contributed by atoms with Crippen molar-refractivity contribution in [1.82, 2.24) is 0 Å². The predicted octanol–water partition coefficient (Wildman–Crippen LogP) is 2.69. The summed E-state index contributed by atoms with van der Waals surface area (Å²) in [5.41, 5.74) is 4.09. The Kier molecular flexibility index (Phi) is 2.88. The molecule has 1 rings (SSSR count). The Labute approximate surface area is 79.5 Å². The number of halogens is 3. The molecule has 0 saturated heterocycles. The Hall–Kier alpha value is -1.39. The Morgan fingerprint density at radius 2 is 2.00 bits per heavy atom. The van der Waals surface area contributed by atoms with Gasteiger partial charge in [0.15, 0.2) is 0 Å². The molecule has 0 aliphatic carbocycles. The number of rotatable bonds is 2. The normalized spacial score (nSPS) is 11.4. The summed E-state index contributed by atoms with van der Waals surface area (Å²) in [6.45, 7) is 1.96. The van der Waals surface area contributed by atoms with Crippen molar-refractivity contribution < 1.29 is 17.9 Å². The molecule has 0 spiro atoms. The fourth-order valence-corrected chi connectivity index (χ4v) is 1.07. The molecule has 0 aliphatic rings. The summed E-state index contributed by atoms with van der Waals surface area (Å²) in [6, 6.07) is 3.61. The van der Waals surface area contributed by atoms with Gasteiger partial charge in [-0.15, -0.1) is 0 Å². The van der Waals surface area contributed by atoms with Gasteiger partial charge in [-0.05, 0) is 19.1 Å². The molecule has 0 unspecified atom stereocenters. The van der Waals surface area contributed by atoms with Gasteiger partial charge >= 0.3 is 6.18 Å². The summed E-state index contributed by atoms with van der Waals surface area (Å²) < 4.78 is 41.9. The molecule has 0 fully saturated rings. The average Bonchev–Trinajstić information content (AvgIpc) is 2.07. The topological polar surface area (TPSA) is 35.2 Å². The Morgan fingerprint density at radius 1 is 1.36 bits per heavy atom. The van der Waals surface area contributed by atoms with Crippen LogP contribution in [0.3, 0.4) is 0 Å². The van der Waals surface area contributed by atoms with E-state index < -0.39 is 11.7 Å². The van der Waals surface area contributed by atoms with E-state index in [-0.39, 0.29) is 18.0 Å². The molecule has 5 heteroatoms. The third-order valence-corrected chi connectivity index (χ3v) is 1.67. The highest BCUT2D eigenvalue weighted by Crippen LogP contribution is 2.37. The second-order valence-electron chi connectivity index (χ2n) is 2.65. The Bertz CT molecular complexity index is 322. The molecule has 0 heterocycles. The zero-order valence-electron chi connectivity index (χ0n) is 7.56. The van der Waals surface area contributed by atoms with E-state index in [1.807, 2.05) is 0 Å². The maximum atomic E-state index is 12.3. The Morgan fingerprint density at radius 3 is 2.50 bits per heavy atom. The van der Waals surface area contributed by atoms with Crippen LogP contribution in [-0.2, 0) is 6.18 Å². The molecule has 78 valence electrons. The van der Waals surface area contributed by atoms with Gasteiger partial charge in [0.05, 0.1) is 17.9 Å². The van der Waals surface area contributed by atoms with Crippen LogP contribution in [0.15, 0.2) is 18.2 Å². The summed E-state index contributed by atoms with van der Waals surface area (Å²) in [6.07, 6.45) is -4.43. The first-order valence-corrected chi connectivity index (χ1v) is 4.05. The molecular weight excluding hydrogens is 195 g/mol. The van der Waals surface area contributed by atoms with E-state index >= 15 is 0 Å². The maximum absolute atomic E-state index is 12.3. The van der Waals surface area contributed by atoms with Gasteiger partial charge in [0.25, 0.3) is 0 Å². The molecule has 0 saturated carbocycles. The smallest absolute Gasteiger partial charge is 0.418 e. The van der Waals surface area contributed by atoms with Crippen LogP contribution in [0.1, 0.15) is 12.5 Å². The maximum Gasteiger partial charge on any atom is 0.418 e. The summed E-state index contributed by atoms with van der Waals surface area (Å²) in [7, 11) is 0. The van der Waals surface area contributed by atoms with Crippen LogP contribution >= 0.6 is 0 Å². The van der Waals surface area contributed by atoms with Crippen molar-refractivity contribution in [2.75, 3.05) is 12.3 Å². The minimum absolute atomic E-state index is 0.0716. The van der Waals surface area contributed by atoms with Gasteiger partial charge in [-0.25, -0.2) is 0 Å². The van der Waals surface area contributed by atoms with Crippen molar-refractivity contribution in [3.05, 3.63) is 23.8 Å². The van der Waals surface area contributed by atoms with Crippen molar-refractivity contribution >= 4 is 5.69 Å². The summed E-state index contributed by atoms with van der Waals surface area (Å²) >= 11 is 0. The summed E-state index contributed by atoms with van der Waals surface area (Å²) in [4.78, 5) is 0. The third kappa shape index (κ3) is 2.10. The highest BCUT2D eigenvalue weighted by Gasteiger charge is 2.33. The van der Waals surface area contributed by atoms with E-state index in [0.29, 0.717) is 0 Å². The van der Waals surface area contributed by atoms with Crippen LogP contribution < -0.4 is 10.5 Å². The largest absolute Gasteiger partial charge is 0.492 e. The van der Waals surface area contributed by atoms with Crippen molar-refractivity contribution in [3.8, 4) is 5.75 Å². The van der Waals surface area contributed by atoms with Gasteiger partial charge in [0, 0.05) is 0 Å². The van der Waals surface area contributed by atoms with E-state index in [4.69, 9.17) is 10.5 Å². The lowest BCUT2D eigenvalue weighted by Crippen LogP contribution is -2.10. The van der Waals surface area contributed by atoms with Gasteiger partial charge in [0.2, 0.25) is 0 Å². The van der Waals surface area contributed by atoms with Crippen molar-refractivity contribution in [2.45, 2.75) is 13.1 Å². The molecule has 2 N–H and O–H groups in total. The SMILES string of the molecule is CCOc1cccc(C(F)(F)F)c1N. The van der Waals surface area contributed by atoms with E-state index in [9.17, 15) is 13.2 Å². The fraction of sp³-hybridized carbons (Fsp3) is 0.333. The van der Waals surface area contributed by atoms with Crippen LogP contribution in [0.5, 0.6) is 5.75 Å². The van der Waals surface area contributed by atoms with Gasteiger partial charge in [0.1, 0.15) is 5.75 Å². The number of hydrogen-bond donors (Lipinski definition) is 1. The second kappa shape index (κ2) is 3.77. The lowest BCUT2D eigenvalue weighted by molar-refractivity contribution is -0.137. The number of nitrogen functional groups attached to an aromatic ring is 1. The number of benzene rings is 1. The number of anilines is 1. The first-order valence-electron chi connectivity index (χ1n) is 4.05. The lowest BCUT2D eigenvalue weighted by Gasteiger charge is -2.13. The standard InChI is InChI=1S/C9H10F3NO/c1-2-14-7-5-3-4-6(8(7)13)9(10,11)12/h3-5H,2,13H2,1H3. The van der Waals surface area contributed by atoms with E-state index in [2.05, 4.69) is 0 Å². The highest BCUT2D eigenvalue weighted by molar-refractivity contribution is 5.59. The molecule has 0 aromatic heterocycles. The van der Waals surface area contributed by atoms with Crippen LogP contribution in [-0.4, -0.2) is 6.61 Å². The van der Waals surface area contributed by atoms with Crippen LogP contribution in [0.2, 0.25) is 0 Å². The van der Waals surface area contributed by atoms with E-state index in [1.165, 1.54) is 12.1 Å². The molecule has 0 bridgehead atoms. The molecule has 2 nitrogen and oxygen atoms in total. The van der Waals surface area contributed by atoms with Crippen LogP contribution in [0.4, 0.5) is 18.9 Å². The molecule has 14 heavy (non-hydrogen) atoms. The fourth-order valence-electron chi connectivity index (χ4n) is 1.07. The number of para-hydroxylation sites is 1. The van der Waals surface area contributed by atoms with Gasteiger partial charge in [-0.2, -0.15) is 13.2 Å². The number of ether oxygens (including phenoxy) is 1. The minimum Gasteiger partial charge on any atom is -0.492 e. The number of nitrogens with two attached hydrogens (primary N) is 1. The van der Waals surface area contributed by atoms with Gasteiger partial charge < -0.3 is 10.5 Å². The molecule has 0 aliphatic heterocycles. The molecule has 1 aromatic rings. The Balaban J connectivity index is 3.14. The zero-order valence-corrected chi connectivity index (χ0v) is 7.56. The van der Waals surface area contributed by atoms with E-state index in [0.717, 1.165) is 6.07 Å². The van der Waals surface area contributed by atoms with E-state index in [1.54, 1.807) is 6.92 Å². The summed E-state index contributed by atoms with van der Waals surface area (Å²) in [5, 5.41) is 0. The van der Waals surface area contributed by atoms with Gasteiger partial charge in [-0.3, -0.25) is 0 Å². The van der Waals surface area contributed by atoms with Crippen molar-refractivity contribution in [3.63, 3.8) is 0 Å². The molecule has 0 amide bonds. The lowest BCUT2D eigenvalue weighted by atomic mass is 10.1. The van der Waals surface area contributed by atoms with Gasteiger partial charge in [-0.1, -0.05) is 6.07 Å². The zero-order chi connectivity index (χ0) is 10.8. The first kappa shape index (κ1) is 10.7. The quantitative estimate of drug-likeness (QED) is 0.753. The predicted molar refractivity (Wildman–Crippen MR) is 47.0 cm³/mol. The molecular formula is C9H10F3NO. The van der Waals surface area contributed by atoms with Crippen LogP contribution in [0, 0.1) is 0 Å². The van der Waals surface area contributed by atoms with Crippen molar-refractivity contribution in [1.29, 1.82) is 0 Å². The van der Waals surface area contributed by atoms with Crippen LogP contribution in [0.25, 0.3) is 0 Å². The summed E-state index contributed by atoms with van der Waals surface area (Å²) in [5.74, 6) is 0.0716. The highest BCUT2D eigenvalue weighted by atomic mass is 19.4. The second-order valence-corrected chi connectivity index (χ2v) is 2.65. The minimum atomic E-state index is -4.43. The third-order valence-electron chi connectivity index (χ3n) is 1.67. The van der Waals surface area contributed by atoms with Crippen molar-refractivity contribution in [2.24, 2.45) is 0 Å². The molecule has 1 aromatic carbocycles. The molecule has 0 atom stereocenters.